The van der Waals surface area contributed by atoms with Crippen molar-refractivity contribution in [1.82, 2.24) is 0 Å². The van der Waals surface area contributed by atoms with Crippen molar-refractivity contribution in [2.45, 2.75) is 6.42 Å². The van der Waals surface area contributed by atoms with E-state index in [0.29, 0.717) is 28.6 Å². The van der Waals surface area contributed by atoms with Crippen LogP contribution in [0.5, 0.6) is 0 Å². The molecule has 5 nitrogen and oxygen atoms in total. The maximum atomic E-state index is 11.6. The largest absolute Gasteiger partial charge is 0.397 e. The van der Waals surface area contributed by atoms with E-state index in [9.17, 15) is 9.59 Å². The second-order valence-corrected chi connectivity index (χ2v) is 5.09. The highest BCUT2D eigenvalue weighted by Gasteiger charge is 2.06. The van der Waals surface area contributed by atoms with Gasteiger partial charge in [-0.05, 0) is 18.2 Å². The van der Waals surface area contributed by atoms with Gasteiger partial charge in [-0.1, -0.05) is 11.6 Å². The maximum absolute atomic E-state index is 11.6. The summed E-state index contributed by atoms with van der Waals surface area (Å²) in [4.78, 5) is 22.0. The highest BCUT2D eigenvalue weighted by atomic mass is 35.5. The number of nitrogens with two attached hydrogens (primary N) is 2. The van der Waals surface area contributed by atoms with Crippen molar-refractivity contribution >= 4 is 46.6 Å². The Hall–Kier alpha value is -1.40. The number of nitrogens with one attached hydrogen (secondary N) is 1. The van der Waals surface area contributed by atoms with Crippen molar-refractivity contribution < 1.29 is 9.59 Å². The van der Waals surface area contributed by atoms with Gasteiger partial charge in [0, 0.05) is 17.2 Å². The van der Waals surface area contributed by atoms with Crippen LogP contribution in [0.1, 0.15) is 6.42 Å². The highest BCUT2D eigenvalue weighted by Crippen LogP contribution is 2.22. The first kappa shape index (κ1) is 14.7. The maximum Gasteiger partial charge on any atom is 0.227 e. The van der Waals surface area contributed by atoms with E-state index in [-0.39, 0.29) is 17.6 Å². The van der Waals surface area contributed by atoms with Gasteiger partial charge in [-0.25, -0.2) is 0 Å². The minimum Gasteiger partial charge on any atom is -0.397 e. The Morgan fingerprint density at radius 1 is 1.39 bits per heavy atom. The quantitative estimate of drug-likeness (QED) is 0.545. The molecule has 0 aliphatic heterocycles. The van der Waals surface area contributed by atoms with Crippen LogP contribution >= 0.6 is 23.4 Å². The van der Waals surface area contributed by atoms with Gasteiger partial charge in [0.25, 0.3) is 0 Å². The van der Waals surface area contributed by atoms with Crippen molar-refractivity contribution in [2.24, 2.45) is 5.73 Å². The summed E-state index contributed by atoms with van der Waals surface area (Å²) >= 11 is 7.06. The van der Waals surface area contributed by atoms with Gasteiger partial charge in [0.1, 0.15) is 0 Å². The molecule has 2 amide bonds. The Morgan fingerprint density at radius 3 is 2.72 bits per heavy atom. The van der Waals surface area contributed by atoms with Gasteiger partial charge in [0.2, 0.25) is 11.8 Å². The van der Waals surface area contributed by atoms with E-state index >= 15 is 0 Å². The third-order valence-electron chi connectivity index (χ3n) is 2.01. The van der Waals surface area contributed by atoms with Crippen LogP contribution in [0.15, 0.2) is 18.2 Å². The number of hydrogen-bond donors (Lipinski definition) is 3. The molecule has 5 N–H and O–H groups in total. The van der Waals surface area contributed by atoms with Crippen LogP contribution in [-0.2, 0) is 9.59 Å². The third-order valence-corrected chi connectivity index (χ3v) is 3.22. The summed E-state index contributed by atoms with van der Waals surface area (Å²) in [7, 11) is 0. The summed E-state index contributed by atoms with van der Waals surface area (Å²) in [6, 6.07) is 4.86. The average Bonchev–Trinajstić information content (AvgIpc) is 2.28. The summed E-state index contributed by atoms with van der Waals surface area (Å²) in [6.07, 6.45) is 0.292. The molecule has 0 atom stereocenters. The fourth-order valence-corrected chi connectivity index (χ4v) is 2.05. The molecular weight excluding hydrogens is 274 g/mol. The Bertz CT molecular complexity index is 454. The molecule has 0 aliphatic rings. The zero-order valence-electron chi connectivity index (χ0n) is 9.61. The summed E-state index contributed by atoms with van der Waals surface area (Å²) < 4.78 is 0. The zero-order valence-corrected chi connectivity index (χ0v) is 11.2. The van der Waals surface area contributed by atoms with Crippen LogP contribution in [0.2, 0.25) is 5.02 Å². The van der Waals surface area contributed by atoms with Crippen LogP contribution in [-0.4, -0.2) is 23.3 Å². The van der Waals surface area contributed by atoms with Gasteiger partial charge in [-0.15, -0.1) is 0 Å². The summed E-state index contributed by atoms with van der Waals surface area (Å²) in [6.45, 7) is 0. The van der Waals surface area contributed by atoms with E-state index in [0.717, 1.165) is 0 Å². The molecule has 0 heterocycles. The van der Waals surface area contributed by atoms with Gasteiger partial charge in [-0.2, -0.15) is 11.8 Å². The van der Waals surface area contributed by atoms with Gasteiger partial charge >= 0.3 is 0 Å². The Labute approximate surface area is 114 Å². The first-order valence-corrected chi connectivity index (χ1v) is 6.73. The van der Waals surface area contributed by atoms with Crippen molar-refractivity contribution in [3.05, 3.63) is 23.2 Å². The zero-order chi connectivity index (χ0) is 13.5. The Balaban J connectivity index is 2.38. The molecule has 0 unspecified atom stereocenters. The van der Waals surface area contributed by atoms with E-state index in [2.05, 4.69) is 5.32 Å². The van der Waals surface area contributed by atoms with E-state index in [1.165, 1.54) is 11.8 Å². The van der Waals surface area contributed by atoms with Crippen LogP contribution < -0.4 is 16.8 Å². The monoisotopic (exact) mass is 287 g/mol. The minimum atomic E-state index is -0.387. The van der Waals surface area contributed by atoms with E-state index < -0.39 is 0 Å². The van der Waals surface area contributed by atoms with Crippen LogP contribution in [0, 0.1) is 0 Å². The summed E-state index contributed by atoms with van der Waals surface area (Å²) in [5, 5.41) is 3.19. The molecule has 1 aromatic rings. The number of anilines is 2. The van der Waals surface area contributed by atoms with Crippen molar-refractivity contribution in [2.75, 3.05) is 22.6 Å². The minimum absolute atomic E-state index is 0.166. The molecule has 0 saturated heterocycles. The van der Waals surface area contributed by atoms with Gasteiger partial charge in [0.15, 0.2) is 0 Å². The van der Waals surface area contributed by atoms with Gasteiger partial charge in [-0.3, -0.25) is 9.59 Å². The number of benzene rings is 1. The molecular formula is C11H14ClN3O2S. The topological polar surface area (TPSA) is 98.2 Å². The molecule has 0 spiro atoms. The number of nitrogen functional groups attached to an aromatic ring is 1. The molecule has 0 saturated carbocycles. The van der Waals surface area contributed by atoms with Crippen LogP contribution in [0.3, 0.4) is 0 Å². The molecule has 98 valence electrons. The fraction of sp³-hybridized carbons (Fsp3) is 0.273. The van der Waals surface area contributed by atoms with Crippen LogP contribution in [0.4, 0.5) is 11.4 Å². The Kier molecular flexibility index (Phi) is 5.80. The summed E-state index contributed by atoms with van der Waals surface area (Å²) in [5.41, 5.74) is 11.6. The smallest absolute Gasteiger partial charge is 0.227 e. The molecule has 0 aromatic heterocycles. The molecule has 0 fully saturated rings. The first-order chi connectivity index (χ1) is 8.49. The number of amides is 2. The number of halogens is 1. The van der Waals surface area contributed by atoms with Gasteiger partial charge < -0.3 is 16.8 Å². The first-order valence-electron chi connectivity index (χ1n) is 5.20. The van der Waals surface area contributed by atoms with E-state index in [1.807, 2.05) is 0 Å². The summed E-state index contributed by atoms with van der Waals surface area (Å²) in [5.74, 6) is 0.196. The molecule has 1 aromatic carbocycles. The third kappa shape index (κ3) is 5.29. The standard InChI is InChI=1S/C11H14ClN3O2S/c12-7-1-2-9(8(13)5-7)15-11(17)3-4-18-6-10(14)16/h1-2,5H,3-4,6,13H2,(H2,14,16)(H,15,17). The molecule has 0 radical (unpaired) electrons. The van der Waals surface area contributed by atoms with E-state index in [4.69, 9.17) is 23.1 Å². The van der Waals surface area contributed by atoms with Gasteiger partial charge in [0.05, 0.1) is 17.1 Å². The lowest BCUT2D eigenvalue weighted by Crippen LogP contribution is -2.16. The number of thioether (sulfide) groups is 1. The average molecular weight is 288 g/mol. The number of primary amides is 1. The lowest BCUT2D eigenvalue weighted by molar-refractivity contribution is -0.116. The molecule has 1 rings (SSSR count). The number of carbonyl (C=O) groups excluding carboxylic acids is 2. The van der Waals surface area contributed by atoms with E-state index in [1.54, 1.807) is 18.2 Å². The lowest BCUT2D eigenvalue weighted by Gasteiger charge is -2.08. The lowest BCUT2D eigenvalue weighted by atomic mass is 10.2. The molecule has 18 heavy (non-hydrogen) atoms. The number of hydrogen-bond acceptors (Lipinski definition) is 4. The predicted molar refractivity (Wildman–Crippen MR) is 75.6 cm³/mol. The predicted octanol–water partition coefficient (Wildman–Crippen LogP) is 1.47. The number of rotatable bonds is 6. The normalized spacial score (nSPS) is 10.1. The molecule has 0 aliphatic carbocycles. The second kappa shape index (κ2) is 7.13. The number of carbonyl (C=O) groups is 2. The SMILES string of the molecule is NC(=O)CSCCC(=O)Nc1ccc(Cl)cc1N. The molecule has 0 bridgehead atoms. The van der Waals surface area contributed by atoms with Crippen molar-refractivity contribution in [3.63, 3.8) is 0 Å². The fourth-order valence-electron chi connectivity index (χ4n) is 1.20. The Morgan fingerprint density at radius 2 is 2.11 bits per heavy atom. The van der Waals surface area contributed by atoms with Crippen molar-refractivity contribution in [1.29, 1.82) is 0 Å². The highest BCUT2D eigenvalue weighted by molar-refractivity contribution is 7.99. The van der Waals surface area contributed by atoms with Crippen LogP contribution in [0.25, 0.3) is 0 Å². The molecule has 7 heteroatoms. The van der Waals surface area contributed by atoms with Crippen molar-refractivity contribution in [3.8, 4) is 0 Å². The second-order valence-electron chi connectivity index (χ2n) is 3.55.